The molecule has 0 amide bonds. The van der Waals surface area contributed by atoms with Gasteiger partial charge in [0.1, 0.15) is 0 Å². The van der Waals surface area contributed by atoms with Crippen molar-refractivity contribution in [2.45, 2.75) is 6.29 Å². The lowest BCUT2D eigenvalue weighted by molar-refractivity contribution is 0.0231. The summed E-state index contributed by atoms with van der Waals surface area (Å²) in [4.78, 5) is 7.93. The molecule has 0 bridgehead atoms. The van der Waals surface area contributed by atoms with Gasteiger partial charge in [0.2, 0.25) is 6.29 Å². The topological polar surface area (TPSA) is 66.8 Å². The smallest absolute Gasteiger partial charge is 0.361 e. The molecule has 0 spiro atoms. The predicted molar refractivity (Wildman–Crippen MR) is 27.1 cm³/mol. The van der Waals surface area contributed by atoms with E-state index >= 15 is 0 Å². The van der Waals surface area contributed by atoms with Crippen LogP contribution >= 0.6 is 8.25 Å². The van der Waals surface area contributed by atoms with Crippen molar-refractivity contribution >= 4 is 8.25 Å². The van der Waals surface area contributed by atoms with Gasteiger partial charge < -0.3 is 5.11 Å². The maximum Gasteiger partial charge on any atom is 0.697 e. The van der Waals surface area contributed by atoms with Gasteiger partial charge in [-0.25, -0.2) is 0 Å². The Kier molecular flexibility index (Phi) is 3.56. The second-order valence-corrected chi connectivity index (χ2v) is 1.66. The zero-order valence-corrected chi connectivity index (χ0v) is 4.91. The average molecular weight is 137 g/mol. The molecule has 0 aromatic carbocycles. The molecule has 0 aliphatic heterocycles. The summed E-state index contributed by atoms with van der Waals surface area (Å²) in [5.41, 5.74) is 0. The molecule has 0 heterocycles. The summed E-state index contributed by atoms with van der Waals surface area (Å²) in [5.74, 6) is 0. The Hall–Kier alpha value is -0.280. The SMILES string of the molecule is C=CC(O)O[P+](=O)O. The summed E-state index contributed by atoms with van der Waals surface area (Å²) in [6.45, 7) is 3.10. The number of hydrogen-bond donors (Lipinski definition) is 2. The van der Waals surface area contributed by atoms with Crippen LogP contribution in [0.15, 0.2) is 12.7 Å². The van der Waals surface area contributed by atoms with Crippen molar-refractivity contribution < 1.29 is 19.1 Å². The molecule has 2 atom stereocenters. The van der Waals surface area contributed by atoms with Crippen molar-refractivity contribution in [3.05, 3.63) is 12.7 Å². The highest BCUT2D eigenvalue weighted by atomic mass is 31.1. The van der Waals surface area contributed by atoms with Gasteiger partial charge in [-0.1, -0.05) is 11.1 Å². The molecule has 5 heteroatoms. The van der Waals surface area contributed by atoms with E-state index in [1.807, 2.05) is 0 Å². The standard InChI is InChI=1S/C3H5O4P/c1-2-3(4)7-8(5)6/h2-4H,1H2/p+1. The number of aliphatic hydroxyl groups is 1. The number of rotatable bonds is 3. The molecular formula is C3H6O4P+. The Morgan fingerprint density at radius 2 is 2.38 bits per heavy atom. The van der Waals surface area contributed by atoms with Gasteiger partial charge in [0, 0.05) is 4.57 Å². The molecule has 0 aliphatic rings. The summed E-state index contributed by atoms with van der Waals surface area (Å²) < 4.78 is 13.6. The zero-order chi connectivity index (χ0) is 6.57. The molecule has 46 valence electrons. The van der Waals surface area contributed by atoms with Gasteiger partial charge in [0.05, 0.1) is 0 Å². The molecule has 0 aromatic rings. The predicted octanol–water partition coefficient (Wildman–Crippen LogP) is 0.157. The van der Waals surface area contributed by atoms with E-state index in [1.54, 1.807) is 0 Å². The van der Waals surface area contributed by atoms with Gasteiger partial charge >= 0.3 is 8.25 Å². The fourth-order valence-electron chi connectivity index (χ4n) is 0.135. The quantitative estimate of drug-likeness (QED) is 0.330. The van der Waals surface area contributed by atoms with Gasteiger partial charge in [-0.05, 0) is 6.08 Å². The molecule has 0 fully saturated rings. The first-order valence-electron chi connectivity index (χ1n) is 1.80. The molecule has 0 radical (unpaired) electrons. The minimum atomic E-state index is -2.72. The summed E-state index contributed by atoms with van der Waals surface area (Å²) in [7, 11) is -2.72. The van der Waals surface area contributed by atoms with Crippen LogP contribution in [-0.4, -0.2) is 16.3 Å². The Balaban J connectivity index is 3.38. The van der Waals surface area contributed by atoms with Crippen LogP contribution in [0.5, 0.6) is 0 Å². The Morgan fingerprint density at radius 3 is 2.50 bits per heavy atom. The third kappa shape index (κ3) is 3.89. The maximum atomic E-state index is 9.69. The first-order chi connectivity index (χ1) is 3.66. The third-order valence-corrected chi connectivity index (χ3v) is 0.796. The van der Waals surface area contributed by atoms with Crippen molar-refractivity contribution in [1.29, 1.82) is 0 Å². The van der Waals surface area contributed by atoms with Crippen LogP contribution in [0.3, 0.4) is 0 Å². The van der Waals surface area contributed by atoms with E-state index in [0.717, 1.165) is 6.08 Å². The maximum absolute atomic E-state index is 9.69. The first kappa shape index (κ1) is 7.72. The molecule has 0 saturated heterocycles. The lowest BCUT2D eigenvalue weighted by Gasteiger charge is -1.88. The lowest BCUT2D eigenvalue weighted by atomic mass is 10.6. The summed E-state index contributed by atoms with van der Waals surface area (Å²) >= 11 is 0. The van der Waals surface area contributed by atoms with Crippen LogP contribution < -0.4 is 0 Å². The minimum absolute atomic E-state index is 1.00. The van der Waals surface area contributed by atoms with E-state index < -0.39 is 14.5 Å². The second-order valence-electron chi connectivity index (χ2n) is 0.970. The molecular weight excluding hydrogens is 131 g/mol. The Bertz CT molecular complexity index is 101. The van der Waals surface area contributed by atoms with Crippen LogP contribution in [0.25, 0.3) is 0 Å². The highest BCUT2D eigenvalue weighted by Gasteiger charge is 2.16. The summed E-state index contributed by atoms with van der Waals surface area (Å²) in [6, 6.07) is 0. The van der Waals surface area contributed by atoms with Crippen molar-refractivity contribution in [1.82, 2.24) is 0 Å². The normalized spacial score (nSPS) is 15.0. The highest BCUT2D eigenvalue weighted by Crippen LogP contribution is 2.16. The molecule has 0 saturated carbocycles. The average Bonchev–Trinajstić information content (AvgIpc) is 1.65. The van der Waals surface area contributed by atoms with E-state index in [2.05, 4.69) is 11.1 Å². The number of aliphatic hydroxyl groups excluding tert-OH is 1. The molecule has 0 rings (SSSR count). The zero-order valence-electron chi connectivity index (χ0n) is 4.02. The van der Waals surface area contributed by atoms with Crippen LogP contribution in [0, 0.1) is 0 Å². The van der Waals surface area contributed by atoms with E-state index in [1.165, 1.54) is 0 Å². The molecule has 2 N–H and O–H groups in total. The van der Waals surface area contributed by atoms with Crippen molar-refractivity contribution in [2.24, 2.45) is 0 Å². The van der Waals surface area contributed by atoms with Gasteiger partial charge in [-0.15, -0.1) is 4.89 Å². The third-order valence-electron chi connectivity index (χ3n) is 0.400. The molecule has 4 nitrogen and oxygen atoms in total. The van der Waals surface area contributed by atoms with Gasteiger partial charge in [0.25, 0.3) is 0 Å². The van der Waals surface area contributed by atoms with Crippen LogP contribution in [0.4, 0.5) is 0 Å². The first-order valence-corrected chi connectivity index (χ1v) is 2.93. The molecule has 0 aliphatic carbocycles. The van der Waals surface area contributed by atoms with Gasteiger partial charge in [-0.3, -0.25) is 0 Å². The molecule has 2 unspecified atom stereocenters. The monoisotopic (exact) mass is 137 g/mol. The fraction of sp³-hybridized carbons (Fsp3) is 0.333. The Labute approximate surface area is 47.4 Å². The molecule has 0 aromatic heterocycles. The fourth-order valence-corrected chi connectivity index (χ4v) is 0.406. The second kappa shape index (κ2) is 3.69. The van der Waals surface area contributed by atoms with Crippen molar-refractivity contribution in [2.75, 3.05) is 0 Å². The van der Waals surface area contributed by atoms with E-state index in [0.29, 0.717) is 0 Å². The van der Waals surface area contributed by atoms with E-state index in [-0.39, 0.29) is 0 Å². The highest BCUT2D eigenvalue weighted by molar-refractivity contribution is 7.32. The number of hydrogen-bond acceptors (Lipinski definition) is 3. The van der Waals surface area contributed by atoms with Crippen LogP contribution in [0.2, 0.25) is 0 Å². The lowest BCUT2D eigenvalue weighted by Crippen LogP contribution is -2.00. The van der Waals surface area contributed by atoms with E-state index in [9.17, 15) is 4.57 Å². The van der Waals surface area contributed by atoms with Crippen molar-refractivity contribution in [3.63, 3.8) is 0 Å². The van der Waals surface area contributed by atoms with Crippen LogP contribution in [-0.2, 0) is 9.09 Å². The van der Waals surface area contributed by atoms with Crippen molar-refractivity contribution in [3.8, 4) is 0 Å². The Morgan fingerprint density at radius 1 is 1.88 bits per heavy atom. The summed E-state index contributed by atoms with van der Waals surface area (Å²) in [5, 5.41) is 8.34. The molecule has 8 heavy (non-hydrogen) atoms. The largest absolute Gasteiger partial charge is 0.697 e. The van der Waals surface area contributed by atoms with Gasteiger partial charge in [0.15, 0.2) is 0 Å². The van der Waals surface area contributed by atoms with Gasteiger partial charge in [-0.2, -0.15) is 0 Å². The summed E-state index contributed by atoms with van der Waals surface area (Å²) in [6.07, 6.45) is -0.340. The van der Waals surface area contributed by atoms with E-state index in [4.69, 9.17) is 10.00 Å². The minimum Gasteiger partial charge on any atom is -0.361 e. The van der Waals surface area contributed by atoms with Crippen LogP contribution in [0.1, 0.15) is 0 Å².